The minimum absolute atomic E-state index is 0.363. The van der Waals surface area contributed by atoms with E-state index in [2.05, 4.69) is 16.3 Å². The van der Waals surface area contributed by atoms with Crippen molar-refractivity contribution in [1.29, 1.82) is 0 Å². The zero-order valence-corrected chi connectivity index (χ0v) is 12.1. The first kappa shape index (κ1) is 15.9. The quantitative estimate of drug-likeness (QED) is 0.291. The third-order valence-corrected chi connectivity index (χ3v) is 3.12. The highest BCUT2D eigenvalue weighted by Crippen LogP contribution is 2.29. The lowest BCUT2D eigenvalue weighted by Gasteiger charge is -2.00. The van der Waals surface area contributed by atoms with Crippen LogP contribution in [0.5, 0.6) is 0 Å². The van der Waals surface area contributed by atoms with Gasteiger partial charge in [0.25, 0.3) is 0 Å². The number of carbonyl (C=O) groups is 1. The number of rotatable bonds is 2. The first-order valence-corrected chi connectivity index (χ1v) is 6.60. The van der Waals surface area contributed by atoms with Crippen LogP contribution in [0.4, 0.5) is 4.39 Å². The number of benzene rings is 2. The lowest BCUT2D eigenvalue weighted by Crippen LogP contribution is -2.13. The van der Waals surface area contributed by atoms with Crippen LogP contribution in [0, 0.1) is 5.82 Å². The maximum atomic E-state index is 13.3. The molecule has 0 bridgehead atoms. The second-order valence-electron chi connectivity index (χ2n) is 4.63. The molecule has 4 nitrogen and oxygen atoms in total. The molecule has 0 saturated carbocycles. The Morgan fingerprint density at radius 1 is 1.23 bits per heavy atom. The van der Waals surface area contributed by atoms with Gasteiger partial charge in [-0.25, -0.2) is 4.39 Å². The van der Waals surface area contributed by atoms with Gasteiger partial charge in [-0.2, -0.15) is 0 Å². The first-order chi connectivity index (χ1) is 10.6. The molecular weight excluding hydrogens is 280 g/mol. The highest BCUT2D eigenvalue weighted by molar-refractivity contribution is 6.32. The van der Waals surface area contributed by atoms with Crippen molar-refractivity contribution >= 4 is 30.5 Å². The molecular formula is C16H15BFN3O. The third-order valence-electron chi connectivity index (χ3n) is 3.12. The maximum Gasteiger partial charge on any atom is 0.152 e. The van der Waals surface area contributed by atoms with Crippen LogP contribution >= 0.6 is 0 Å². The number of hydrazine groups is 1. The van der Waals surface area contributed by atoms with E-state index in [4.69, 9.17) is 7.85 Å². The number of aromatic amines is 1. The Kier molecular flexibility index (Phi) is 5.09. The standard InChI is InChI=1S/C15H9BFNO.CH6N2/c16-10-3-1-9(2-4-10)15-13(8-19)12-7-11(17)5-6-14(12)18-15;1-3-2/h1-8,18H;3H,2H2,1H3. The van der Waals surface area contributed by atoms with Crippen LogP contribution in [0.25, 0.3) is 22.2 Å². The fraction of sp³-hybridized carbons (Fsp3) is 0.0625. The Hall–Kier alpha value is -2.44. The maximum absolute atomic E-state index is 13.3. The zero-order valence-electron chi connectivity index (χ0n) is 12.1. The van der Waals surface area contributed by atoms with Crippen molar-refractivity contribution in [2.45, 2.75) is 0 Å². The van der Waals surface area contributed by atoms with Gasteiger partial charge in [-0.15, -0.1) is 0 Å². The number of aldehydes is 1. The summed E-state index contributed by atoms with van der Waals surface area (Å²) in [5, 5.41) is 0.585. The van der Waals surface area contributed by atoms with Crippen molar-refractivity contribution in [2.24, 2.45) is 5.84 Å². The number of aromatic nitrogens is 1. The van der Waals surface area contributed by atoms with Crippen molar-refractivity contribution in [2.75, 3.05) is 7.05 Å². The van der Waals surface area contributed by atoms with E-state index >= 15 is 0 Å². The molecule has 0 amide bonds. The molecule has 0 fully saturated rings. The molecule has 0 atom stereocenters. The van der Waals surface area contributed by atoms with E-state index < -0.39 is 0 Å². The number of hydrogen-bond donors (Lipinski definition) is 3. The Balaban J connectivity index is 0.000000545. The van der Waals surface area contributed by atoms with Gasteiger partial charge in [0.15, 0.2) is 6.29 Å². The molecule has 1 heterocycles. The fourth-order valence-corrected chi connectivity index (χ4v) is 2.18. The SMILES string of the molecule is CNN.[B]c1ccc(-c2[nH]c3ccc(F)cc3c2C=O)cc1. The Morgan fingerprint density at radius 3 is 2.45 bits per heavy atom. The van der Waals surface area contributed by atoms with Crippen LogP contribution in [-0.4, -0.2) is 26.2 Å². The van der Waals surface area contributed by atoms with Crippen molar-refractivity contribution < 1.29 is 9.18 Å². The van der Waals surface area contributed by atoms with Gasteiger partial charge in [-0.05, 0) is 30.8 Å². The van der Waals surface area contributed by atoms with E-state index in [0.29, 0.717) is 22.1 Å². The molecule has 6 heteroatoms. The monoisotopic (exact) mass is 295 g/mol. The van der Waals surface area contributed by atoms with Crippen LogP contribution in [0.2, 0.25) is 0 Å². The number of halogens is 1. The molecule has 110 valence electrons. The predicted molar refractivity (Wildman–Crippen MR) is 87.7 cm³/mol. The van der Waals surface area contributed by atoms with Crippen molar-refractivity contribution in [3.05, 3.63) is 53.8 Å². The van der Waals surface area contributed by atoms with Gasteiger partial charge >= 0.3 is 0 Å². The summed E-state index contributed by atoms with van der Waals surface area (Å²) in [7, 11) is 7.29. The van der Waals surface area contributed by atoms with Gasteiger partial charge in [0.2, 0.25) is 0 Å². The summed E-state index contributed by atoms with van der Waals surface area (Å²) < 4.78 is 13.3. The van der Waals surface area contributed by atoms with Gasteiger partial charge in [-0.3, -0.25) is 16.1 Å². The Morgan fingerprint density at radius 2 is 1.86 bits per heavy atom. The smallest absolute Gasteiger partial charge is 0.152 e. The molecule has 3 rings (SSSR count). The fourth-order valence-electron chi connectivity index (χ4n) is 2.18. The summed E-state index contributed by atoms with van der Waals surface area (Å²) in [6.45, 7) is 0. The first-order valence-electron chi connectivity index (χ1n) is 6.60. The van der Waals surface area contributed by atoms with Crippen LogP contribution in [0.1, 0.15) is 10.4 Å². The average molecular weight is 295 g/mol. The molecule has 1 aromatic heterocycles. The summed E-state index contributed by atoms with van der Waals surface area (Å²) in [5.74, 6) is 4.23. The van der Waals surface area contributed by atoms with Crippen LogP contribution < -0.4 is 16.7 Å². The molecule has 4 N–H and O–H groups in total. The topological polar surface area (TPSA) is 70.9 Å². The molecule has 0 aliphatic carbocycles. The van der Waals surface area contributed by atoms with Crippen molar-refractivity contribution in [3.63, 3.8) is 0 Å². The molecule has 0 saturated heterocycles. The average Bonchev–Trinajstić information content (AvgIpc) is 2.86. The summed E-state index contributed by atoms with van der Waals surface area (Å²) in [4.78, 5) is 14.4. The van der Waals surface area contributed by atoms with Gasteiger partial charge < -0.3 is 4.98 Å². The number of nitrogens with one attached hydrogen (secondary N) is 2. The van der Waals surface area contributed by atoms with E-state index in [0.717, 1.165) is 17.4 Å². The third kappa shape index (κ3) is 3.24. The Bertz CT molecular complexity index is 784. The largest absolute Gasteiger partial charge is 0.354 e. The van der Waals surface area contributed by atoms with E-state index in [1.807, 2.05) is 12.1 Å². The molecule has 2 aromatic carbocycles. The van der Waals surface area contributed by atoms with Crippen LogP contribution in [-0.2, 0) is 0 Å². The van der Waals surface area contributed by atoms with E-state index in [1.165, 1.54) is 12.1 Å². The van der Waals surface area contributed by atoms with Gasteiger partial charge in [0.1, 0.15) is 13.7 Å². The molecule has 0 unspecified atom stereocenters. The molecule has 0 aliphatic heterocycles. The minimum atomic E-state index is -0.363. The molecule has 3 aromatic rings. The Labute approximate surface area is 128 Å². The molecule has 0 spiro atoms. The van der Waals surface area contributed by atoms with Crippen LogP contribution in [0.15, 0.2) is 42.5 Å². The summed E-state index contributed by atoms with van der Waals surface area (Å²) >= 11 is 0. The highest BCUT2D eigenvalue weighted by Gasteiger charge is 2.12. The normalized spacial score (nSPS) is 10.1. The van der Waals surface area contributed by atoms with Crippen molar-refractivity contribution in [3.8, 4) is 11.3 Å². The lowest BCUT2D eigenvalue weighted by molar-refractivity contribution is 0.112. The zero-order chi connectivity index (χ0) is 16.1. The minimum Gasteiger partial charge on any atom is -0.354 e. The second-order valence-corrected chi connectivity index (χ2v) is 4.63. The number of hydrogen-bond acceptors (Lipinski definition) is 3. The van der Waals surface area contributed by atoms with Crippen LogP contribution in [0.3, 0.4) is 0 Å². The molecule has 22 heavy (non-hydrogen) atoms. The van der Waals surface area contributed by atoms with E-state index in [-0.39, 0.29) is 5.82 Å². The molecule has 2 radical (unpaired) electrons. The highest BCUT2D eigenvalue weighted by atomic mass is 19.1. The lowest BCUT2D eigenvalue weighted by atomic mass is 9.94. The number of carbonyl (C=O) groups excluding carboxylic acids is 1. The van der Waals surface area contributed by atoms with Gasteiger partial charge in [0.05, 0.1) is 5.69 Å². The number of nitrogens with two attached hydrogens (primary N) is 1. The molecule has 0 aliphatic rings. The van der Waals surface area contributed by atoms with E-state index in [1.54, 1.807) is 25.2 Å². The number of H-pyrrole nitrogens is 1. The van der Waals surface area contributed by atoms with Crippen molar-refractivity contribution in [1.82, 2.24) is 10.4 Å². The van der Waals surface area contributed by atoms with Gasteiger partial charge in [0, 0.05) is 16.5 Å². The predicted octanol–water partition coefficient (Wildman–Crippen LogP) is 1.66. The summed E-state index contributed by atoms with van der Waals surface area (Å²) in [6.07, 6.45) is 0.740. The van der Waals surface area contributed by atoms with E-state index in [9.17, 15) is 9.18 Å². The summed E-state index contributed by atoms with van der Waals surface area (Å²) in [5.41, 5.74) is 5.61. The van der Waals surface area contributed by atoms with Gasteiger partial charge in [-0.1, -0.05) is 29.7 Å². The second kappa shape index (κ2) is 7.02. The summed E-state index contributed by atoms with van der Waals surface area (Å²) in [6, 6.07) is 11.5. The number of fused-ring (bicyclic) bond motifs is 1.